The molecule has 136 valence electrons. The van der Waals surface area contributed by atoms with Crippen molar-refractivity contribution in [1.29, 1.82) is 0 Å². The number of benzene rings is 2. The number of tetrazole rings is 1. The molecule has 27 heavy (non-hydrogen) atoms. The summed E-state index contributed by atoms with van der Waals surface area (Å²) in [5, 5.41) is 13.5. The average Bonchev–Trinajstić information content (AvgIpc) is 3.37. The molecule has 3 aromatic rings. The molecule has 0 saturated heterocycles. The number of rotatable bonds is 5. The molecule has 10 heteroatoms. The third kappa shape index (κ3) is 3.68. The number of carbonyl (C=O) groups is 2. The molecular weight excluding hydrogens is 354 g/mol. The fourth-order valence-corrected chi connectivity index (χ4v) is 2.42. The van der Waals surface area contributed by atoms with Crippen LogP contribution < -0.4 is 14.8 Å². The molecular formula is C17H13N5O5. The highest BCUT2D eigenvalue weighted by molar-refractivity contribution is 5.95. The van der Waals surface area contributed by atoms with Crippen LogP contribution in [0, 0.1) is 0 Å². The molecule has 0 unspecified atom stereocenters. The fourth-order valence-electron chi connectivity index (χ4n) is 2.42. The summed E-state index contributed by atoms with van der Waals surface area (Å²) >= 11 is 0. The van der Waals surface area contributed by atoms with Crippen molar-refractivity contribution < 1.29 is 23.8 Å². The Labute approximate surface area is 152 Å². The zero-order chi connectivity index (χ0) is 18.6. The zero-order valence-electron chi connectivity index (χ0n) is 13.9. The van der Waals surface area contributed by atoms with Gasteiger partial charge in [-0.05, 0) is 46.8 Å². The Hall–Kier alpha value is -3.95. The summed E-state index contributed by atoms with van der Waals surface area (Å²) in [5.41, 5.74) is 1.52. The molecule has 0 bridgehead atoms. The van der Waals surface area contributed by atoms with Gasteiger partial charge in [-0.3, -0.25) is 4.79 Å². The largest absolute Gasteiger partial charge is 0.454 e. The van der Waals surface area contributed by atoms with Gasteiger partial charge in [-0.1, -0.05) is 0 Å². The van der Waals surface area contributed by atoms with Crippen molar-refractivity contribution in [2.75, 3.05) is 18.7 Å². The van der Waals surface area contributed by atoms with Gasteiger partial charge in [0.25, 0.3) is 5.91 Å². The molecule has 1 N–H and O–H groups in total. The lowest BCUT2D eigenvalue weighted by Crippen LogP contribution is -2.20. The highest BCUT2D eigenvalue weighted by Crippen LogP contribution is 2.34. The summed E-state index contributed by atoms with van der Waals surface area (Å²) in [4.78, 5) is 24.0. The Bertz CT molecular complexity index is 972. The van der Waals surface area contributed by atoms with Crippen molar-refractivity contribution >= 4 is 17.6 Å². The van der Waals surface area contributed by atoms with E-state index in [0.717, 1.165) is 0 Å². The summed E-state index contributed by atoms with van der Waals surface area (Å²) in [6.07, 6.45) is 1.44. The third-order valence-electron chi connectivity index (χ3n) is 3.71. The van der Waals surface area contributed by atoms with E-state index in [1.54, 1.807) is 42.5 Å². The summed E-state index contributed by atoms with van der Waals surface area (Å²) in [5.74, 6) is 0.0867. The van der Waals surface area contributed by atoms with Crippen LogP contribution in [0.2, 0.25) is 0 Å². The first-order valence-electron chi connectivity index (χ1n) is 7.89. The van der Waals surface area contributed by atoms with Gasteiger partial charge in [0, 0.05) is 11.8 Å². The van der Waals surface area contributed by atoms with Crippen LogP contribution in [0.5, 0.6) is 11.5 Å². The van der Waals surface area contributed by atoms with E-state index < -0.39 is 18.5 Å². The van der Waals surface area contributed by atoms with E-state index in [2.05, 4.69) is 20.8 Å². The Kier molecular flexibility index (Phi) is 4.35. The van der Waals surface area contributed by atoms with E-state index in [1.807, 2.05) is 0 Å². The van der Waals surface area contributed by atoms with E-state index in [1.165, 1.54) is 11.0 Å². The quantitative estimate of drug-likeness (QED) is 0.668. The smallest absolute Gasteiger partial charge is 0.338 e. The highest BCUT2D eigenvalue weighted by atomic mass is 16.7. The van der Waals surface area contributed by atoms with Crippen molar-refractivity contribution in [3.63, 3.8) is 0 Å². The van der Waals surface area contributed by atoms with E-state index in [4.69, 9.17) is 14.2 Å². The van der Waals surface area contributed by atoms with Gasteiger partial charge in [0.2, 0.25) is 6.79 Å². The van der Waals surface area contributed by atoms with Crippen LogP contribution in [-0.2, 0) is 9.53 Å². The first-order chi connectivity index (χ1) is 13.2. The van der Waals surface area contributed by atoms with E-state index in [-0.39, 0.29) is 6.79 Å². The van der Waals surface area contributed by atoms with Gasteiger partial charge in [0.05, 0.1) is 11.3 Å². The second-order valence-corrected chi connectivity index (χ2v) is 5.49. The van der Waals surface area contributed by atoms with Crippen LogP contribution in [-0.4, -0.2) is 45.5 Å². The number of aromatic nitrogens is 4. The molecule has 0 fully saturated rings. The molecule has 1 amide bonds. The van der Waals surface area contributed by atoms with Crippen LogP contribution in [0.25, 0.3) is 5.69 Å². The lowest BCUT2D eigenvalue weighted by molar-refractivity contribution is -0.119. The number of nitrogens with zero attached hydrogens (tertiary/aromatic N) is 4. The summed E-state index contributed by atoms with van der Waals surface area (Å²) in [7, 11) is 0. The second-order valence-electron chi connectivity index (χ2n) is 5.49. The standard InChI is InChI=1S/C17H13N5O5/c23-16(19-12-3-6-14-15(7-12)27-10-26-14)8-25-17(24)11-1-4-13(5-2-11)22-9-18-20-21-22/h1-7,9H,8,10H2,(H,19,23). The van der Waals surface area contributed by atoms with Crippen molar-refractivity contribution in [3.8, 4) is 17.2 Å². The number of fused-ring (bicyclic) bond motifs is 1. The maximum Gasteiger partial charge on any atom is 0.338 e. The van der Waals surface area contributed by atoms with Gasteiger partial charge in [-0.2, -0.15) is 0 Å². The number of ether oxygens (including phenoxy) is 3. The Morgan fingerprint density at radius 3 is 2.70 bits per heavy atom. The number of nitrogens with one attached hydrogen (secondary N) is 1. The predicted octanol–water partition coefficient (Wildman–Crippen LogP) is 1.19. The third-order valence-corrected chi connectivity index (χ3v) is 3.71. The molecule has 1 aliphatic rings. The lowest BCUT2D eigenvalue weighted by atomic mass is 10.2. The first-order valence-corrected chi connectivity index (χ1v) is 7.89. The van der Waals surface area contributed by atoms with Crippen LogP contribution in [0.15, 0.2) is 48.8 Å². The normalized spacial score (nSPS) is 11.9. The fraction of sp³-hybridized carbons (Fsp3) is 0.118. The number of hydrogen-bond acceptors (Lipinski definition) is 8. The van der Waals surface area contributed by atoms with Crippen LogP contribution in [0.4, 0.5) is 5.69 Å². The zero-order valence-corrected chi connectivity index (χ0v) is 13.9. The number of amides is 1. The van der Waals surface area contributed by atoms with Gasteiger partial charge < -0.3 is 19.5 Å². The minimum Gasteiger partial charge on any atom is -0.454 e. The summed E-state index contributed by atoms with van der Waals surface area (Å²) in [6, 6.07) is 11.5. The average molecular weight is 367 g/mol. The molecule has 2 aromatic carbocycles. The van der Waals surface area contributed by atoms with Crippen LogP contribution in [0.1, 0.15) is 10.4 Å². The molecule has 4 rings (SSSR count). The summed E-state index contributed by atoms with van der Waals surface area (Å²) < 4.78 is 16.9. The van der Waals surface area contributed by atoms with Gasteiger partial charge in [0.15, 0.2) is 18.1 Å². The topological polar surface area (TPSA) is 117 Å². The Morgan fingerprint density at radius 1 is 1.11 bits per heavy atom. The summed E-state index contributed by atoms with van der Waals surface area (Å²) in [6.45, 7) is -0.265. The minimum absolute atomic E-state index is 0.149. The van der Waals surface area contributed by atoms with Gasteiger partial charge in [-0.25, -0.2) is 9.48 Å². The van der Waals surface area contributed by atoms with E-state index in [9.17, 15) is 9.59 Å². The number of esters is 1. The molecule has 1 aromatic heterocycles. The van der Waals surface area contributed by atoms with Gasteiger partial charge >= 0.3 is 5.97 Å². The molecule has 1 aliphatic heterocycles. The van der Waals surface area contributed by atoms with Crippen LogP contribution >= 0.6 is 0 Å². The van der Waals surface area contributed by atoms with Crippen molar-refractivity contribution in [3.05, 3.63) is 54.4 Å². The number of hydrogen-bond donors (Lipinski definition) is 1. The molecule has 0 aliphatic carbocycles. The second kappa shape index (κ2) is 7.12. The molecule has 2 heterocycles. The molecule has 0 atom stereocenters. The molecule has 0 radical (unpaired) electrons. The van der Waals surface area contributed by atoms with Crippen molar-refractivity contribution in [1.82, 2.24) is 20.2 Å². The Balaban J connectivity index is 1.31. The number of anilines is 1. The number of carbonyl (C=O) groups excluding carboxylic acids is 2. The monoisotopic (exact) mass is 367 g/mol. The Morgan fingerprint density at radius 2 is 1.93 bits per heavy atom. The van der Waals surface area contributed by atoms with Gasteiger partial charge in [-0.15, -0.1) is 5.10 Å². The predicted molar refractivity (Wildman–Crippen MR) is 90.6 cm³/mol. The SMILES string of the molecule is O=C(COC(=O)c1ccc(-n2cnnn2)cc1)Nc1ccc2c(c1)OCO2. The molecule has 10 nitrogen and oxygen atoms in total. The van der Waals surface area contributed by atoms with E-state index >= 15 is 0 Å². The molecule has 0 spiro atoms. The maximum atomic E-state index is 12.1. The van der Waals surface area contributed by atoms with Gasteiger partial charge in [0.1, 0.15) is 6.33 Å². The van der Waals surface area contributed by atoms with Crippen molar-refractivity contribution in [2.24, 2.45) is 0 Å². The first kappa shape index (κ1) is 16.5. The highest BCUT2D eigenvalue weighted by Gasteiger charge is 2.15. The maximum absolute atomic E-state index is 12.1. The van der Waals surface area contributed by atoms with Crippen LogP contribution in [0.3, 0.4) is 0 Å². The lowest BCUT2D eigenvalue weighted by Gasteiger charge is -2.08. The van der Waals surface area contributed by atoms with E-state index in [0.29, 0.717) is 28.4 Å². The minimum atomic E-state index is -0.612. The van der Waals surface area contributed by atoms with Crippen molar-refractivity contribution in [2.45, 2.75) is 0 Å². The molecule has 0 saturated carbocycles.